The summed E-state index contributed by atoms with van der Waals surface area (Å²) in [4.78, 5) is 28.8. The Labute approximate surface area is 229 Å². The Balaban J connectivity index is 1.83. The Morgan fingerprint density at radius 2 is 1.62 bits per heavy atom. The first-order chi connectivity index (χ1) is 17.9. The van der Waals surface area contributed by atoms with Crippen LogP contribution in [0, 0.1) is 5.92 Å². The van der Waals surface area contributed by atoms with Crippen LogP contribution in [0.4, 0.5) is 0 Å². The lowest BCUT2D eigenvalue weighted by molar-refractivity contribution is -0.139. The maximum atomic E-state index is 13.7. The standard InChI is InChI=1S/C30H35ClN2O3S/c1-22(2)18-32-30(35)28(17-23-9-5-4-6-10-23)33(19-25-11-7-8-12-27(25)31)29(34)21-37-20-24-13-15-26(36-3)16-14-24/h4-16,22,28H,17-21H2,1-3H3,(H,32,35)/t28-/m0/s1. The summed E-state index contributed by atoms with van der Waals surface area (Å²) < 4.78 is 5.23. The molecule has 0 bridgehead atoms. The Bertz CT molecular complexity index is 1140. The van der Waals surface area contributed by atoms with Crippen LogP contribution >= 0.6 is 23.4 Å². The van der Waals surface area contributed by atoms with E-state index in [0.717, 1.165) is 22.4 Å². The SMILES string of the molecule is COc1ccc(CSCC(=O)N(Cc2ccccc2Cl)[C@@H](Cc2ccccc2)C(=O)NCC(C)C)cc1. The minimum absolute atomic E-state index is 0.0981. The molecule has 0 aliphatic heterocycles. The van der Waals surface area contributed by atoms with Crippen LogP contribution < -0.4 is 10.1 Å². The predicted molar refractivity (Wildman–Crippen MR) is 153 cm³/mol. The molecule has 0 aliphatic carbocycles. The molecule has 0 radical (unpaired) electrons. The predicted octanol–water partition coefficient (Wildman–Crippen LogP) is 5.99. The van der Waals surface area contributed by atoms with Crippen LogP contribution in [0.15, 0.2) is 78.9 Å². The zero-order chi connectivity index (χ0) is 26.6. The fourth-order valence-corrected chi connectivity index (χ4v) is 4.91. The van der Waals surface area contributed by atoms with Crippen LogP contribution in [0.3, 0.4) is 0 Å². The van der Waals surface area contributed by atoms with Gasteiger partial charge >= 0.3 is 0 Å². The van der Waals surface area contributed by atoms with E-state index in [2.05, 4.69) is 19.2 Å². The molecule has 0 unspecified atom stereocenters. The van der Waals surface area contributed by atoms with E-state index in [-0.39, 0.29) is 24.1 Å². The number of carbonyl (C=O) groups excluding carboxylic acids is 2. The van der Waals surface area contributed by atoms with Gasteiger partial charge in [-0.05, 0) is 40.8 Å². The number of methoxy groups -OCH3 is 1. The first-order valence-corrected chi connectivity index (χ1v) is 14.0. The van der Waals surface area contributed by atoms with Crippen LogP contribution in [-0.2, 0) is 28.3 Å². The molecule has 37 heavy (non-hydrogen) atoms. The van der Waals surface area contributed by atoms with Crippen LogP contribution in [0.1, 0.15) is 30.5 Å². The van der Waals surface area contributed by atoms with E-state index in [1.165, 1.54) is 11.8 Å². The van der Waals surface area contributed by atoms with Crippen LogP contribution in [0.5, 0.6) is 5.75 Å². The normalized spacial score (nSPS) is 11.7. The number of hydrogen-bond acceptors (Lipinski definition) is 4. The van der Waals surface area contributed by atoms with Gasteiger partial charge in [0, 0.05) is 30.3 Å². The van der Waals surface area contributed by atoms with Crippen molar-refractivity contribution < 1.29 is 14.3 Å². The second kappa shape index (κ2) is 14.7. The lowest BCUT2D eigenvalue weighted by atomic mass is 10.0. The van der Waals surface area contributed by atoms with E-state index < -0.39 is 6.04 Å². The lowest BCUT2D eigenvalue weighted by Crippen LogP contribution is -2.51. The highest BCUT2D eigenvalue weighted by atomic mass is 35.5. The average molecular weight is 539 g/mol. The third kappa shape index (κ3) is 9.13. The molecular weight excluding hydrogens is 504 g/mol. The Hall–Kier alpha value is -2.96. The average Bonchev–Trinajstić information content (AvgIpc) is 2.91. The number of nitrogens with zero attached hydrogens (tertiary/aromatic N) is 1. The zero-order valence-corrected chi connectivity index (χ0v) is 23.2. The van der Waals surface area contributed by atoms with Gasteiger partial charge in [-0.15, -0.1) is 11.8 Å². The Morgan fingerprint density at radius 1 is 0.946 bits per heavy atom. The molecule has 5 nitrogen and oxygen atoms in total. The quantitative estimate of drug-likeness (QED) is 0.290. The van der Waals surface area contributed by atoms with Gasteiger partial charge in [-0.2, -0.15) is 0 Å². The van der Waals surface area contributed by atoms with Gasteiger partial charge in [0.2, 0.25) is 11.8 Å². The highest BCUT2D eigenvalue weighted by Crippen LogP contribution is 2.22. The van der Waals surface area contributed by atoms with Gasteiger partial charge < -0.3 is 15.0 Å². The molecule has 0 fully saturated rings. The van der Waals surface area contributed by atoms with Gasteiger partial charge in [0.05, 0.1) is 12.9 Å². The molecule has 3 aromatic rings. The van der Waals surface area contributed by atoms with Crippen LogP contribution in [0.25, 0.3) is 0 Å². The topological polar surface area (TPSA) is 58.6 Å². The molecule has 3 rings (SSSR count). The Morgan fingerprint density at radius 3 is 2.27 bits per heavy atom. The number of benzene rings is 3. The van der Waals surface area contributed by atoms with E-state index >= 15 is 0 Å². The van der Waals surface area contributed by atoms with E-state index in [1.54, 1.807) is 12.0 Å². The minimum Gasteiger partial charge on any atom is -0.497 e. The third-order valence-corrected chi connectivity index (χ3v) is 7.26. The van der Waals surface area contributed by atoms with Crippen molar-refractivity contribution in [1.29, 1.82) is 0 Å². The summed E-state index contributed by atoms with van der Waals surface area (Å²) in [6, 6.07) is 24.4. The highest BCUT2D eigenvalue weighted by molar-refractivity contribution is 7.99. The summed E-state index contributed by atoms with van der Waals surface area (Å²) in [6.45, 7) is 4.91. The monoisotopic (exact) mass is 538 g/mol. The molecule has 0 spiro atoms. The largest absolute Gasteiger partial charge is 0.497 e. The lowest BCUT2D eigenvalue weighted by Gasteiger charge is -2.32. The number of nitrogens with one attached hydrogen (secondary N) is 1. The molecule has 3 aromatic carbocycles. The second-order valence-corrected chi connectivity index (χ2v) is 10.7. The van der Waals surface area contributed by atoms with Crippen molar-refractivity contribution in [3.05, 3.63) is 101 Å². The highest BCUT2D eigenvalue weighted by Gasteiger charge is 2.30. The molecule has 196 valence electrons. The maximum absolute atomic E-state index is 13.7. The van der Waals surface area contributed by atoms with Crippen LogP contribution in [-0.4, -0.2) is 42.2 Å². The fraction of sp³-hybridized carbons (Fsp3) is 0.333. The summed E-state index contributed by atoms with van der Waals surface area (Å²) in [6.07, 6.45) is 0.421. The Kier molecular flexibility index (Phi) is 11.4. The molecule has 1 atom stereocenters. The summed E-state index contributed by atoms with van der Waals surface area (Å²) in [5.74, 6) is 1.77. The van der Waals surface area contributed by atoms with Gasteiger partial charge in [0.15, 0.2) is 0 Å². The van der Waals surface area contributed by atoms with Crippen molar-refractivity contribution in [1.82, 2.24) is 10.2 Å². The summed E-state index contributed by atoms with van der Waals surface area (Å²) in [5.41, 5.74) is 2.91. The molecular formula is C30H35ClN2O3S. The van der Waals surface area contributed by atoms with Crippen molar-refractivity contribution >= 4 is 35.2 Å². The second-order valence-electron chi connectivity index (χ2n) is 9.30. The number of amides is 2. The summed E-state index contributed by atoms with van der Waals surface area (Å²) in [5, 5.41) is 3.62. The van der Waals surface area contributed by atoms with Gasteiger partial charge in [-0.1, -0.05) is 86.1 Å². The van der Waals surface area contributed by atoms with Gasteiger partial charge in [0.1, 0.15) is 11.8 Å². The number of rotatable bonds is 13. The van der Waals surface area contributed by atoms with Crippen LogP contribution in [0.2, 0.25) is 5.02 Å². The number of halogens is 1. The molecule has 0 saturated heterocycles. The minimum atomic E-state index is -0.661. The smallest absolute Gasteiger partial charge is 0.243 e. The number of carbonyl (C=O) groups is 2. The molecule has 0 heterocycles. The molecule has 0 aliphatic rings. The van der Waals surface area contributed by atoms with Gasteiger partial charge in [-0.3, -0.25) is 9.59 Å². The van der Waals surface area contributed by atoms with E-state index in [0.29, 0.717) is 29.7 Å². The van der Waals surface area contributed by atoms with Gasteiger partial charge in [0.25, 0.3) is 0 Å². The van der Waals surface area contributed by atoms with Crippen molar-refractivity contribution in [2.24, 2.45) is 5.92 Å². The molecule has 2 amide bonds. The molecule has 7 heteroatoms. The number of ether oxygens (including phenoxy) is 1. The first-order valence-electron chi connectivity index (χ1n) is 12.4. The zero-order valence-electron chi connectivity index (χ0n) is 21.7. The molecule has 0 saturated carbocycles. The summed E-state index contributed by atoms with van der Waals surface area (Å²) in [7, 11) is 1.64. The third-order valence-electron chi connectivity index (χ3n) is 5.91. The number of hydrogen-bond donors (Lipinski definition) is 1. The van der Waals surface area contributed by atoms with E-state index in [1.807, 2.05) is 78.9 Å². The van der Waals surface area contributed by atoms with Crippen molar-refractivity contribution in [2.45, 2.75) is 38.6 Å². The summed E-state index contributed by atoms with van der Waals surface area (Å²) >= 11 is 8.00. The molecule has 0 aromatic heterocycles. The first kappa shape index (κ1) is 28.6. The van der Waals surface area contributed by atoms with Crippen molar-refractivity contribution in [3.63, 3.8) is 0 Å². The van der Waals surface area contributed by atoms with Crippen molar-refractivity contribution in [3.8, 4) is 5.75 Å². The van der Waals surface area contributed by atoms with E-state index in [4.69, 9.17) is 16.3 Å². The fourth-order valence-electron chi connectivity index (χ4n) is 3.85. The number of thioether (sulfide) groups is 1. The molecule has 1 N–H and O–H groups in total. The van der Waals surface area contributed by atoms with Crippen molar-refractivity contribution in [2.75, 3.05) is 19.4 Å². The van der Waals surface area contributed by atoms with E-state index in [9.17, 15) is 9.59 Å². The maximum Gasteiger partial charge on any atom is 0.243 e. The van der Waals surface area contributed by atoms with Gasteiger partial charge in [-0.25, -0.2) is 0 Å².